The van der Waals surface area contributed by atoms with Crippen LogP contribution in [-0.2, 0) is 22.7 Å². The number of nitrogens with one attached hydrogen (secondary N) is 1. The first-order valence-electron chi connectivity index (χ1n) is 7.92. The lowest BCUT2D eigenvalue weighted by Crippen LogP contribution is -2.32. The van der Waals surface area contributed by atoms with E-state index in [0.717, 1.165) is 41.4 Å². The zero-order valence-corrected chi connectivity index (χ0v) is 14.3. The lowest BCUT2D eigenvalue weighted by molar-refractivity contribution is -0.137. The Labute approximate surface area is 147 Å². The summed E-state index contributed by atoms with van der Waals surface area (Å²) in [7, 11) is -4.13. The van der Waals surface area contributed by atoms with E-state index in [1.54, 1.807) is 6.07 Å². The van der Waals surface area contributed by atoms with Crippen molar-refractivity contribution in [2.45, 2.75) is 36.4 Å². The summed E-state index contributed by atoms with van der Waals surface area (Å²) in [4.78, 5) is 11.3. The van der Waals surface area contributed by atoms with Gasteiger partial charge in [-0.3, -0.25) is 4.79 Å². The van der Waals surface area contributed by atoms with Gasteiger partial charge in [0.25, 0.3) is 5.56 Å². The summed E-state index contributed by atoms with van der Waals surface area (Å²) < 4.78 is 65.9. The molecule has 0 radical (unpaired) electrons. The predicted molar refractivity (Wildman–Crippen MR) is 87.1 cm³/mol. The molecule has 3 rings (SSSR count). The third kappa shape index (κ3) is 4.31. The molecule has 140 valence electrons. The highest BCUT2D eigenvalue weighted by Gasteiger charge is 2.31. The minimum atomic E-state index is -4.63. The number of alkyl halides is 3. The minimum Gasteiger partial charge on any atom is -0.268 e. The molecule has 1 aromatic carbocycles. The molecule has 1 saturated carbocycles. The van der Waals surface area contributed by atoms with Crippen LogP contribution in [0.2, 0.25) is 0 Å². The van der Waals surface area contributed by atoms with Crippen molar-refractivity contribution in [2.75, 3.05) is 6.54 Å². The molecule has 0 spiro atoms. The molecule has 1 aliphatic carbocycles. The second kappa shape index (κ2) is 6.84. The molecule has 6 nitrogen and oxygen atoms in total. The molecule has 1 aliphatic rings. The molecule has 2 aromatic rings. The Morgan fingerprint density at radius 2 is 1.92 bits per heavy atom. The Bertz CT molecular complexity index is 966. The van der Waals surface area contributed by atoms with E-state index < -0.39 is 26.7 Å². The van der Waals surface area contributed by atoms with Gasteiger partial charge in [0.2, 0.25) is 10.0 Å². The van der Waals surface area contributed by atoms with E-state index in [4.69, 9.17) is 0 Å². The molecule has 1 aromatic heterocycles. The van der Waals surface area contributed by atoms with Crippen molar-refractivity contribution in [1.82, 2.24) is 14.5 Å². The Hall–Kier alpha value is -2.20. The van der Waals surface area contributed by atoms with Gasteiger partial charge in [0.15, 0.2) is 0 Å². The molecule has 1 fully saturated rings. The molecule has 26 heavy (non-hydrogen) atoms. The zero-order chi connectivity index (χ0) is 18.9. The summed E-state index contributed by atoms with van der Waals surface area (Å²) in [6.45, 7) is -0.183. The molecular formula is C16H16F3N3O3S. The largest absolute Gasteiger partial charge is 0.416 e. The molecular weight excluding hydrogens is 371 g/mol. The molecule has 1 N–H and O–H groups in total. The standard InChI is InChI=1S/C16H16F3N3O3S/c17-16(18,19)12-2-1-3-13(10-12)26(24,25)20-8-9-22-15(23)7-6-14(21-22)11-4-5-11/h1-3,6-7,10-11,20H,4-5,8-9H2. The van der Waals surface area contributed by atoms with Crippen LogP contribution in [0.1, 0.15) is 30.0 Å². The number of rotatable bonds is 6. The number of benzene rings is 1. The monoisotopic (exact) mass is 387 g/mol. The van der Waals surface area contributed by atoms with Crippen LogP contribution in [-0.4, -0.2) is 24.7 Å². The average Bonchev–Trinajstić information content (AvgIpc) is 3.41. The summed E-state index contributed by atoms with van der Waals surface area (Å²) in [5, 5.41) is 4.19. The fraction of sp³-hybridized carbons (Fsp3) is 0.375. The van der Waals surface area contributed by atoms with E-state index in [1.165, 1.54) is 6.07 Å². The Morgan fingerprint density at radius 3 is 2.58 bits per heavy atom. The number of halogens is 3. The Balaban J connectivity index is 1.69. The molecule has 1 heterocycles. The van der Waals surface area contributed by atoms with Crippen molar-refractivity contribution >= 4 is 10.0 Å². The minimum absolute atomic E-state index is 0.0163. The van der Waals surface area contributed by atoms with Crippen molar-refractivity contribution in [2.24, 2.45) is 0 Å². The molecule has 10 heteroatoms. The number of hydrogen-bond donors (Lipinski definition) is 1. The van der Waals surface area contributed by atoms with Crippen LogP contribution in [0.3, 0.4) is 0 Å². The fourth-order valence-electron chi connectivity index (χ4n) is 2.43. The normalized spacial score (nSPS) is 15.2. The number of aromatic nitrogens is 2. The van der Waals surface area contributed by atoms with Gasteiger partial charge < -0.3 is 0 Å². The summed E-state index contributed by atoms with van der Waals surface area (Å²) >= 11 is 0. The van der Waals surface area contributed by atoms with Crippen molar-refractivity contribution < 1.29 is 21.6 Å². The fourth-order valence-corrected chi connectivity index (χ4v) is 3.50. The van der Waals surface area contributed by atoms with Crippen LogP contribution in [0.15, 0.2) is 46.1 Å². The third-order valence-corrected chi connectivity index (χ3v) is 5.43. The lowest BCUT2D eigenvalue weighted by atomic mass is 10.2. The quantitative estimate of drug-likeness (QED) is 0.823. The van der Waals surface area contributed by atoms with Gasteiger partial charge in [-0.2, -0.15) is 18.3 Å². The van der Waals surface area contributed by atoms with E-state index in [-0.39, 0.29) is 18.6 Å². The summed E-state index contributed by atoms with van der Waals surface area (Å²) in [5.41, 5.74) is -0.631. The first kappa shape index (κ1) is 18.6. The topological polar surface area (TPSA) is 81.1 Å². The maximum absolute atomic E-state index is 12.7. The van der Waals surface area contributed by atoms with Crippen LogP contribution >= 0.6 is 0 Å². The molecule has 0 amide bonds. The molecule has 0 unspecified atom stereocenters. The van der Waals surface area contributed by atoms with Gasteiger partial charge in [-0.05, 0) is 37.1 Å². The maximum Gasteiger partial charge on any atom is 0.416 e. The van der Waals surface area contributed by atoms with Crippen LogP contribution in [0.4, 0.5) is 13.2 Å². The Kier molecular flexibility index (Phi) is 4.89. The van der Waals surface area contributed by atoms with Crippen molar-refractivity contribution in [3.8, 4) is 0 Å². The van der Waals surface area contributed by atoms with E-state index in [9.17, 15) is 26.4 Å². The number of sulfonamides is 1. The molecule has 0 bridgehead atoms. The molecule has 0 atom stereocenters. The molecule has 0 aliphatic heterocycles. The van der Waals surface area contributed by atoms with Gasteiger partial charge in [-0.1, -0.05) is 6.07 Å². The van der Waals surface area contributed by atoms with Crippen molar-refractivity contribution in [3.05, 3.63) is 58.0 Å². The van der Waals surface area contributed by atoms with E-state index in [2.05, 4.69) is 9.82 Å². The van der Waals surface area contributed by atoms with Gasteiger partial charge in [-0.25, -0.2) is 17.8 Å². The average molecular weight is 387 g/mol. The van der Waals surface area contributed by atoms with Crippen LogP contribution < -0.4 is 10.3 Å². The second-order valence-electron chi connectivity index (χ2n) is 6.02. The number of nitrogens with zero attached hydrogens (tertiary/aromatic N) is 2. The predicted octanol–water partition coefficient (Wildman–Crippen LogP) is 2.12. The van der Waals surface area contributed by atoms with Gasteiger partial charge in [-0.15, -0.1) is 0 Å². The highest BCUT2D eigenvalue weighted by molar-refractivity contribution is 7.89. The van der Waals surface area contributed by atoms with Crippen molar-refractivity contribution in [1.29, 1.82) is 0 Å². The lowest BCUT2D eigenvalue weighted by Gasteiger charge is -2.11. The third-order valence-electron chi connectivity index (χ3n) is 3.97. The highest BCUT2D eigenvalue weighted by Crippen LogP contribution is 2.38. The van der Waals surface area contributed by atoms with Crippen LogP contribution in [0.5, 0.6) is 0 Å². The smallest absolute Gasteiger partial charge is 0.268 e. The van der Waals surface area contributed by atoms with Gasteiger partial charge in [0.1, 0.15) is 0 Å². The number of hydrogen-bond acceptors (Lipinski definition) is 4. The van der Waals surface area contributed by atoms with E-state index in [0.29, 0.717) is 12.0 Å². The molecule has 0 saturated heterocycles. The van der Waals surface area contributed by atoms with Gasteiger partial charge >= 0.3 is 6.18 Å². The van der Waals surface area contributed by atoms with E-state index in [1.807, 2.05) is 0 Å². The van der Waals surface area contributed by atoms with E-state index >= 15 is 0 Å². The van der Waals surface area contributed by atoms with Crippen LogP contribution in [0.25, 0.3) is 0 Å². The summed E-state index contributed by atoms with van der Waals surface area (Å²) in [6.07, 6.45) is -2.62. The summed E-state index contributed by atoms with van der Waals surface area (Å²) in [5.74, 6) is 0.337. The SMILES string of the molecule is O=c1ccc(C2CC2)nn1CCNS(=O)(=O)c1cccc(C(F)(F)F)c1. The second-order valence-corrected chi connectivity index (χ2v) is 7.78. The maximum atomic E-state index is 12.7. The first-order chi connectivity index (χ1) is 12.2. The van der Waals surface area contributed by atoms with Gasteiger partial charge in [0, 0.05) is 18.5 Å². The zero-order valence-electron chi connectivity index (χ0n) is 13.5. The van der Waals surface area contributed by atoms with Crippen LogP contribution in [0, 0.1) is 0 Å². The first-order valence-corrected chi connectivity index (χ1v) is 9.40. The van der Waals surface area contributed by atoms with Crippen molar-refractivity contribution in [3.63, 3.8) is 0 Å². The summed E-state index contributed by atoms with van der Waals surface area (Å²) in [6, 6.07) is 6.51. The Morgan fingerprint density at radius 1 is 1.19 bits per heavy atom. The van der Waals surface area contributed by atoms with Gasteiger partial charge in [0.05, 0.1) is 22.7 Å². The highest BCUT2D eigenvalue weighted by atomic mass is 32.2.